The molecule has 0 spiro atoms. The maximum atomic E-state index is 12.6. The van der Waals surface area contributed by atoms with Crippen molar-refractivity contribution in [2.75, 3.05) is 18.0 Å². The summed E-state index contributed by atoms with van der Waals surface area (Å²) in [6.07, 6.45) is 9.40. The van der Waals surface area contributed by atoms with E-state index >= 15 is 0 Å². The highest BCUT2D eigenvalue weighted by atomic mass is 16.1. The van der Waals surface area contributed by atoms with Gasteiger partial charge in [-0.2, -0.15) is 5.10 Å². The molecule has 1 aliphatic rings. The number of fused-ring (bicyclic) bond motifs is 1. The van der Waals surface area contributed by atoms with Crippen LogP contribution in [0.3, 0.4) is 0 Å². The van der Waals surface area contributed by atoms with Gasteiger partial charge in [0.15, 0.2) is 5.78 Å². The topological polar surface area (TPSA) is 103 Å². The molecular formula is C23H25N7O. The van der Waals surface area contributed by atoms with Crippen LogP contribution < -0.4 is 4.90 Å². The molecule has 4 aromatic rings. The molecule has 8 nitrogen and oxygen atoms in total. The second-order valence-corrected chi connectivity index (χ2v) is 8.21. The lowest BCUT2D eigenvalue weighted by molar-refractivity contribution is 0.0987. The summed E-state index contributed by atoms with van der Waals surface area (Å²) < 4.78 is 0. The van der Waals surface area contributed by atoms with Crippen LogP contribution in [0.4, 0.5) is 5.95 Å². The number of carbonyl (C=O) groups excluding carboxylic acids is 1. The van der Waals surface area contributed by atoms with Gasteiger partial charge in [0.25, 0.3) is 0 Å². The molecule has 0 amide bonds. The number of piperidine rings is 1. The summed E-state index contributed by atoms with van der Waals surface area (Å²) in [6, 6.07) is 4.03. The minimum atomic E-state index is -0.0135. The van der Waals surface area contributed by atoms with Crippen LogP contribution in [0, 0.1) is 13.8 Å². The van der Waals surface area contributed by atoms with E-state index in [2.05, 4.69) is 35.0 Å². The fourth-order valence-corrected chi connectivity index (χ4v) is 4.06. The van der Waals surface area contributed by atoms with Gasteiger partial charge >= 0.3 is 0 Å². The van der Waals surface area contributed by atoms with Gasteiger partial charge in [0.1, 0.15) is 11.3 Å². The van der Waals surface area contributed by atoms with Crippen molar-refractivity contribution in [2.24, 2.45) is 0 Å². The predicted octanol–water partition coefficient (Wildman–Crippen LogP) is 3.78. The van der Waals surface area contributed by atoms with Crippen LogP contribution >= 0.6 is 0 Å². The molecule has 4 aromatic heterocycles. The minimum absolute atomic E-state index is 0.0135. The second kappa shape index (κ2) is 7.94. The lowest BCUT2D eigenvalue weighted by Gasteiger charge is -2.26. The van der Waals surface area contributed by atoms with Crippen LogP contribution in [0.1, 0.15) is 46.6 Å². The zero-order valence-corrected chi connectivity index (χ0v) is 17.8. The fraction of sp³-hybridized carbons (Fsp3) is 0.348. The van der Waals surface area contributed by atoms with Gasteiger partial charge in [-0.3, -0.25) is 9.89 Å². The van der Waals surface area contributed by atoms with Crippen LogP contribution in [0.25, 0.3) is 22.3 Å². The number of anilines is 1. The molecule has 5 rings (SSSR count). The van der Waals surface area contributed by atoms with Gasteiger partial charge < -0.3 is 9.88 Å². The summed E-state index contributed by atoms with van der Waals surface area (Å²) in [4.78, 5) is 31.9. The van der Waals surface area contributed by atoms with E-state index in [0.717, 1.165) is 58.1 Å². The normalized spacial score (nSPS) is 14.3. The Kier molecular flexibility index (Phi) is 4.97. The highest BCUT2D eigenvalue weighted by Crippen LogP contribution is 2.25. The number of hydrogen-bond donors (Lipinski definition) is 2. The molecule has 0 radical (unpaired) electrons. The Morgan fingerprint density at radius 2 is 1.81 bits per heavy atom. The van der Waals surface area contributed by atoms with Crippen molar-refractivity contribution < 1.29 is 4.79 Å². The number of Topliss-reactive ketones (excluding diaryl/α,β-unsaturated/α-hetero) is 1. The molecule has 1 saturated heterocycles. The molecule has 31 heavy (non-hydrogen) atoms. The van der Waals surface area contributed by atoms with Crippen LogP contribution in [0.15, 0.2) is 30.7 Å². The number of aryl methyl sites for hydroxylation is 1. The van der Waals surface area contributed by atoms with E-state index in [1.165, 1.54) is 19.3 Å². The van der Waals surface area contributed by atoms with Gasteiger partial charge in [-0.25, -0.2) is 15.0 Å². The number of pyridine rings is 1. The van der Waals surface area contributed by atoms with E-state index in [4.69, 9.17) is 0 Å². The molecule has 0 unspecified atom stereocenters. The SMILES string of the molecule is Cc1[nH]nc(C(=O)Cc2cnc3[nH]c(-c4cnc(N5CCCCC5)nc4)cc3c2)c1C. The number of nitrogens with one attached hydrogen (secondary N) is 2. The summed E-state index contributed by atoms with van der Waals surface area (Å²) in [5.41, 5.74) is 5.78. The van der Waals surface area contributed by atoms with Gasteiger partial charge in [0.05, 0.1) is 5.69 Å². The number of rotatable bonds is 5. The van der Waals surface area contributed by atoms with Gasteiger partial charge in [-0.05, 0) is 50.8 Å². The first-order valence-corrected chi connectivity index (χ1v) is 10.7. The number of aromatic amines is 2. The first-order chi connectivity index (χ1) is 15.1. The van der Waals surface area contributed by atoms with Gasteiger partial charge in [0, 0.05) is 60.3 Å². The monoisotopic (exact) mass is 415 g/mol. The molecule has 0 aliphatic carbocycles. The Balaban J connectivity index is 1.35. The fourth-order valence-electron chi connectivity index (χ4n) is 4.06. The van der Waals surface area contributed by atoms with Crippen LogP contribution in [-0.4, -0.2) is 49.0 Å². The Hall–Kier alpha value is -3.55. The minimum Gasteiger partial charge on any atom is -0.341 e. The lowest BCUT2D eigenvalue weighted by atomic mass is 10.0. The van der Waals surface area contributed by atoms with Crippen molar-refractivity contribution in [3.8, 4) is 11.3 Å². The zero-order chi connectivity index (χ0) is 21.4. The zero-order valence-electron chi connectivity index (χ0n) is 17.8. The van der Waals surface area contributed by atoms with Crippen LogP contribution in [0.5, 0.6) is 0 Å². The maximum absolute atomic E-state index is 12.6. The standard InChI is InChI=1S/C23H25N7O/c1-14-15(2)28-29-21(14)20(31)9-16-8-17-10-19(27-22(17)24-11-16)18-12-25-23(26-13-18)30-6-4-3-5-7-30/h8,10-13H,3-7,9H2,1-2H3,(H,24,27)(H,28,29). The van der Waals surface area contributed by atoms with E-state index in [1.807, 2.05) is 38.4 Å². The van der Waals surface area contributed by atoms with Crippen molar-refractivity contribution in [1.82, 2.24) is 30.1 Å². The van der Waals surface area contributed by atoms with Crippen LogP contribution in [-0.2, 0) is 6.42 Å². The smallest absolute Gasteiger partial charge is 0.225 e. The maximum Gasteiger partial charge on any atom is 0.225 e. The van der Waals surface area contributed by atoms with Crippen molar-refractivity contribution in [2.45, 2.75) is 39.5 Å². The van der Waals surface area contributed by atoms with E-state index in [9.17, 15) is 4.79 Å². The second-order valence-electron chi connectivity index (χ2n) is 8.21. The molecule has 5 heterocycles. The predicted molar refractivity (Wildman–Crippen MR) is 119 cm³/mol. The Morgan fingerprint density at radius 3 is 2.52 bits per heavy atom. The number of nitrogens with zero attached hydrogens (tertiary/aromatic N) is 5. The number of aromatic nitrogens is 6. The average Bonchev–Trinajstić information content (AvgIpc) is 3.37. The van der Waals surface area contributed by atoms with Gasteiger partial charge in [-0.15, -0.1) is 0 Å². The lowest BCUT2D eigenvalue weighted by Crippen LogP contribution is -2.30. The van der Waals surface area contributed by atoms with Crippen molar-refractivity contribution >= 4 is 22.8 Å². The van der Waals surface area contributed by atoms with E-state index in [0.29, 0.717) is 5.69 Å². The number of hydrogen-bond acceptors (Lipinski definition) is 6. The van der Waals surface area contributed by atoms with Crippen molar-refractivity contribution in [3.05, 3.63) is 53.2 Å². The summed E-state index contributed by atoms with van der Waals surface area (Å²) >= 11 is 0. The molecule has 1 aliphatic heterocycles. The number of H-pyrrole nitrogens is 2. The van der Waals surface area contributed by atoms with Crippen LogP contribution in [0.2, 0.25) is 0 Å². The highest BCUT2D eigenvalue weighted by Gasteiger charge is 2.16. The van der Waals surface area contributed by atoms with E-state index < -0.39 is 0 Å². The van der Waals surface area contributed by atoms with Gasteiger partial charge in [-0.1, -0.05) is 0 Å². The molecule has 8 heteroatoms. The Morgan fingerprint density at radius 1 is 1.03 bits per heavy atom. The summed E-state index contributed by atoms with van der Waals surface area (Å²) in [5.74, 6) is 0.780. The first kappa shape index (κ1) is 19.4. The molecule has 0 bridgehead atoms. The summed E-state index contributed by atoms with van der Waals surface area (Å²) in [5, 5.41) is 7.97. The molecular weight excluding hydrogens is 390 g/mol. The van der Waals surface area contributed by atoms with Crippen molar-refractivity contribution in [1.29, 1.82) is 0 Å². The molecule has 1 fully saturated rings. The van der Waals surface area contributed by atoms with Gasteiger partial charge in [0.2, 0.25) is 5.95 Å². The van der Waals surface area contributed by atoms with Crippen molar-refractivity contribution in [3.63, 3.8) is 0 Å². The third kappa shape index (κ3) is 3.81. The average molecular weight is 416 g/mol. The number of ketones is 1. The Labute approximate surface area is 180 Å². The highest BCUT2D eigenvalue weighted by molar-refractivity contribution is 5.97. The third-order valence-corrected chi connectivity index (χ3v) is 6.00. The van der Waals surface area contributed by atoms with E-state index in [1.54, 1.807) is 6.20 Å². The molecule has 158 valence electrons. The molecule has 0 saturated carbocycles. The summed E-state index contributed by atoms with van der Waals surface area (Å²) in [7, 11) is 0. The Bertz CT molecular complexity index is 1230. The third-order valence-electron chi connectivity index (χ3n) is 6.00. The number of carbonyl (C=O) groups is 1. The largest absolute Gasteiger partial charge is 0.341 e. The molecule has 0 atom stereocenters. The summed E-state index contributed by atoms with van der Waals surface area (Å²) in [6.45, 7) is 5.87. The first-order valence-electron chi connectivity index (χ1n) is 10.7. The molecule has 2 N–H and O–H groups in total. The quantitative estimate of drug-likeness (QED) is 0.481. The van der Waals surface area contributed by atoms with E-state index in [-0.39, 0.29) is 12.2 Å². The molecule has 0 aromatic carbocycles.